The van der Waals surface area contributed by atoms with E-state index in [1.54, 1.807) is 31.1 Å². The molecule has 2 N–H and O–H groups in total. The van der Waals surface area contributed by atoms with Crippen LogP contribution in [0.4, 0.5) is 0 Å². The van der Waals surface area contributed by atoms with Crippen molar-refractivity contribution in [1.82, 2.24) is 15.5 Å². The minimum absolute atomic E-state index is 0. The average Bonchev–Trinajstić information content (AvgIpc) is 2.53. The molecule has 1 fully saturated rings. The first-order chi connectivity index (χ1) is 10.1. The molecule has 0 aliphatic carbocycles. The first-order valence-corrected chi connectivity index (χ1v) is 7.37. The molecule has 1 atom stereocenters. The van der Waals surface area contributed by atoms with Crippen LogP contribution in [0, 0.1) is 5.92 Å². The molecule has 1 aliphatic rings. The van der Waals surface area contributed by atoms with Gasteiger partial charge in [0.15, 0.2) is 0 Å². The first-order valence-electron chi connectivity index (χ1n) is 7.37. The van der Waals surface area contributed by atoms with Gasteiger partial charge in [0.1, 0.15) is 0 Å². The molecule has 2 amide bonds. The van der Waals surface area contributed by atoms with Crippen LogP contribution < -0.4 is 10.6 Å². The number of carbonyl (C=O) groups is 2. The van der Waals surface area contributed by atoms with Gasteiger partial charge in [-0.25, -0.2) is 0 Å². The third-order valence-corrected chi connectivity index (χ3v) is 3.74. The Morgan fingerprint density at radius 2 is 1.95 bits per heavy atom. The summed E-state index contributed by atoms with van der Waals surface area (Å²) >= 11 is 0. The van der Waals surface area contributed by atoms with Crippen LogP contribution >= 0.6 is 12.4 Å². The molecular formula is C16H24ClN3O2. The van der Waals surface area contributed by atoms with Gasteiger partial charge >= 0.3 is 0 Å². The number of hydrogen-bond donors (Lipinski definition) is 2. The van der Waals surface area contributed by atoms with Crippen LogP contribution in [0.1, 0.15) is 28.8 Å². The second kappa shape index (κ2) is 8.76. The first kappa shape index (κ1) is 18.5. The van der Waals surface area contributed by atoms with Crippen molar-refractivity contribution in [2.24, 2.45) is 5.92 Å². The minimum Gasteiger partial charge on any atom is -0.352 e. The molecule has 0 radical (unpaired) electrons. The summed E-state index contributed by atoms with van der Waals surface area (Å²) < 4.78 is 0. The topological polar surface area (TPSA) is 61.4 Å². The molecular weight excluding hydrogens is 302 g/mol. The number of hydrogen-bond acceptors (Lipinski definition) is 3. The van der Waals surface area contributed by atoms with E-state index in [0.717, 1.165) is 31.5 Å². The van der Waals surface area contributed by atoms with Crippen LogP contribution in [0.5, 0.6) is 0 Å². The third kappa shape index (κ3) is 5.00. The van der Waals surface area contributed by atoms with Crippen molar-refractivity contribution in [1.29, 1.82) is 0 Å². The number of piperidine rings is 1. The van der Waals surface area contributed by atoms with Gasteiger partial charge in [0.05, 0.1) is 5.92 Å². The van der Waals surface area contributed by atoms with Crippen molar-refractivity contribution < 1.29 is 9.59 Å². The zero-order valence-corrected chi connectivity index (χ0v) is 13.9. The van der Waals surface area contributed by atoms with Crippen LogP contribution in [0.3, 0.4) is 0 Å². The number of amides is 2. The van der Waals surface area contributed by atoms with E-state index >= 15 is 0 Å². The van der Waals surface area contributed by atoms with Gasteiger partial charge in [-0.2, -0.15) is 0 Å². The van der Waals surface area contributed by atoms with Crippen molar-refractivity contribution in [3.05, 3.63) is 35.4 Å². The summed E-state index contributed by atoms with van der Waals surface area (Å²) in [7, 11) is 3.46. The largest absolute Gasteiger partial charge is 0.352 e. The predicted molar refractivity (Wildman–Crippen MR) is 89.1 cm³/mol. The Balaban J connectivity index is 0.00000242. The molecule has 1 unspecified atom stereocenters. The van der Waals surface area contributed by atoms with Gasteiger partial charge in [-0.05, 0) is 37.1 Å². The quantitative estimate of drug-likeness (QED) is 0.880. The standard InChI is InChI=1S/C16H23N3O2.ClH/c1-19(2)16(21)13-7-5-12(6-8-13)10-18-15(20)14-4-3-9-17-11-14;/h5-8,14,17H,3-4,9-11H2,1-2H3,(H,18,20);1H. The minimum atomic E-state index is -0.0149. The van der Waals surface area contributed by atoms with Crippen molar-refractivity contribution in [3.63, 3.8) is 0 Å². The Morgan fingerprint density at radius 3 is 2.50 bits per heavy atom. The molecule has 1 aliphatic heterocycles. The number of rotatable bonds is 4. The highest BCUT2D eigenvalue weighted by molar-refractivity contribution is 5.93. The fraction of sp³-hybridized carbons (Fsp3) is 0.500. The average molecular weight is 326 g/mol. The molecule has 22 heavy (non-hydrogen) atoms. The summed E-state index contributed by atoms with van der Waals surface area (Å²) in [5.41, 5.74) is 1.66. The van der Waals surface area contributed by atoms with Gasteiger partial charge in [-0.15, -0.1) is 12.4 Å². The van der Waals surface area contributed by atoms with Gasteiger partial charge in [-0.1, -0.05) is 12.1 Å². The summed E-state index contributed by atoms with van der Waals surface area (Å²) in [5, 5.41) is 6.21. The van der Waals surface area contributed by atoms with Crippen LogP contribution in [0.25, 0.3) is 0 Å². The summed E-state index contributed by atoms with van der Waals surface area (Å²) in [6.07, 6.45) is 2.01. The Labute approximate surface area is 137 Å². The van der Waals surface area contributed by atoms with Crippen LogP contribution in [-0.2, 0) is 11.3 Å². The zero-order valence-electron chi connectivity index (χ0n) is 13.1. The van der Waals surface area contributed by atoms with Crippen molar-refractivity contribution >= 4 is 24.2 Å². The molecule has 0 spiro atoms. The van der Waals surface area contributed by atoms with Gasteiger partial charge in [0.2, 0.25) is 5.91 Å². The van der Waals surface area contributed by atoms with Crippen LogP contribution in [0.2, 0.25) is 0 Å². The predicted octanol–water partition coefficient (Wildman–Crippen LogP) is 1.43. The highest BCUT2D eigenvalue weighted by atomic mass is 35.5. The highest BCUT2D eigenvalue weighted by Gasteiger charge is 2.20. The fourth-order valence-corrected chi connectivity index (χ4v) is 2.43. The van der Waals surface area contributed by atoms with E-state index in [2.05, 4.69) is 10.6 Å². The molecule has 122 valence electrons. The van der Waals surface area contributed by atoms with E-state index in [-0.39, 0.29) is 30.1 Å². The van der Waals surface area contributed by atoms with Gasteiger partial charge < -0.3 is 15.5 Å². The maximum atomic E-state index is 12.0. The molecule has 1 heterocycles. The lowest BCUT2D eigenvalue weighted by Gasteiger charge is -2.21. The Bertz CT molecular complexity index is 497. The van der Waals surface area contributed by atoms with Crippen molar-refractivity contribution in [2.75, 3.05) is 27.2 Å². The normalized spacial score (nSPS) is 17.3. The van der Waals surface area contributed by atoms with E-state index in [1.807, 2.05) is 12.1 Å². The zero-order chi connectivity index (χ0) is 15.2. The van der Waals surface area contributed by atoms with Crippen LogP contribution in [-0.4, -0.2) is 43.9 Å². The molecule has 0 aromatic heterocycles. The molecule has 5 nitrogen and oxygen atoms in total. The number of nitrogens with one attached hydrogen (secondary N) is 2. The molecule has 0 saturated carbocycles. The molecule has 0 bridgehead atoms. The van der Waals surface area contributed by atoms with Gasteiger partial charge in [0.25, 0.3) is 5.91 Å². The van der Waals surface area contributed by atoms with Crippen LogP contribution in [0.15, 0.2) is 24.3 Å². The molecule has 1 aromatic rings. The highest BCUT2D eigenvalue weighted by Crippen LogP contribution is 2.11. The van der Waals surface area contributed by atoms with Gasteiger partial charge in [-0.3, -0.25) is 9.59 Å². The monoisotopic (exact) mass is 325 g/mol. The summed E-state index contributed by atoms with van der Waals surface area (Å²) in [5.74, 6) is 0.169. The Kier molecular flexibility index (Phi) is 7.35. The fourth-order valence-electron chi connectivity index (χ4n) is 2.43. The number of carbonyl (C=O) groups excluding carboxylic acids is 2. The summed E-state index contributed by atoms with van der Waals surface area (Å²) in [6.45, 7) is 2.28. The van der Waals surface area contributed by atoms with E-state index in [0.29, 0.717) is 12.1 Å². The van der Waals surface area contributed by atoms with E-state index < -0.39 is 0 Å². The van der Waals surface area contributed by atoms with Crippen molar-refractivity contribution in [2.45, 2.75) is 19.4 Å². The van der Waals surface area contributed by atoms with E-state index in [4.69, 9.17) is 0 Å². The Morgan fingerprint density at radius 1 is 1.27 bits per heavy atom. The van der Waals surface area contributed by atoms with E-state index in [9.17, 15) is 9.59 Å². The maximum absolute atomic E-state index is 12.0. The molecule has 2 rings (SSSR count). The lowest BCUT2D eigenvalue weighted by molar-refractivity contribution is -0.125. The SMILES string of the molecule is CN(C)C(=O)c1ccc(CNC(=O)C2CCCNC2)cc1.Cl. The number of nitrogens with zero attached hydrogens (tertiary/aromatic N) is 1. The maximum Gasteiger partial charge on any atom is 0.253 e. The molecule has 6 heteroatoms. The smallest absolute Gasteiger partial charge is 0.253 e. The molecule has 1 aromatic carbocycles. The summed E-state index contributed by atoms with van der Waals surface area (Å²) in [4.78, 5) is 25.4. The number of benzene rings is 1. The lowest BCUT2D eigenvalue weighted by atomic mass is 9.99. The Hall–Kier alpha value is -1.59. The lowest BCUT2D eigenvalue weighted by Crippen LogP contribution is -2.40. The van der Waals surface area contributed by atoms with Crippen molar-refractivity contribution in [3.8, 4) is 0 Å². The third-order valence-electron chi connectivity index (χ3n) is 3.74. The second-order valence-corrected chi connectivity index (χ2v) is 5.66. The number of halogens is 1. The van der Waals surface area contributed by atoms with E-state index in [1.165, 1.54) is 0 Å². The van der Waals surface area contributed by atoms with Gasteiger partial charge in [0, 0.05) is 32.7 Å². The molecule has 1 saturated heterocycles. The summed E-state index contributed by atoms with van der Waals surface area (Å²) in [6, 6.07) is 7.37. The second-order valence-electron chi connectivity index (χ2n) is 5.66.